The minimum Gasteiger partial charge on any atom is -0.272 e. The molecule has 42 heavy (non-hydrogen) atoms. The average molecular weight is 592 g/mol. The molecule has 0 aliphatic heterocycles. The Hall–Kier alpha value is -3.96. The third kappa shape index (κ3) is 7.46. The molecule has 0 radical (unpaired) electrons. The minimum absolute atomic E-state index is 0.0553. The van der Waals surface area contributed by atoms with Crippen LogP contribution in [0.4, 0.5) is 26.3 Å². The van der Waals surface area contributed by atoms with Crippen LogP contribution in [0.25, 0.3) is 11.3 Å². The van der Waals surface area contributed by atoms with E-state index in [4.69, 9.17) is 0 Å². The minimum atomic E-state index is -4.66. The SMILES string of the molecule is CCn1cc(-c2cc(C3CCCCC3)c(=O)n(Cc3ncccc3C(F)(F)F)n2)c(C(F)F)n1.Cc1cccc(F)c1. The molecule has 0 unspecified atom stereocenters. The van der Waals surface area contributed by atoms with Crippen molar-refractivity contribution >= 4 is 0 Å². The van der Waals surface area contributed by atoms with Crippen molar-refractivity contribution in [3.05, 3.63) is 99.1 Å². The zero-order chi connectivity index (χ0) is 30.4. The second kappa shape index (κ2) is 13.3. The molecular formula is C30H31F6N5O. The number of hydrogen-bond donors (Lipinski definition) is 0. The highest BCUT2D eigenvalue weighted by Crippen LogP contribution is 2.35. The number of benzene rings is 1. The fourth-order valence-electron chi connectivity index (χ4n) is 5.03. The Kier molecular flexibility index (Phi) is 9.85. The Morgan fingerprint density at radius 3 is 2.36 bits per heavy atom. The fourth-order valence-corrected chi connectivity index (χ4v) is 5.03. The lowest BCUT2D eigenvalue weighted by Gasteiger charge is -2.22. The normalized spacial score (nSPS) is 14.1. The highest BCUT2D eigenvalue weighted by molar-refractivity contribution is 5.62. The lowest BCUT2D eigenvalue weighted by atomic mass is 9.84. The molecule has 0 bridgehead atoms. The molecule has 3 aromatic heterocycles. The van der Waals surface area contributed by atoms with Gasteiger partial charge in [0.25, 0.3) is 12.0 Å². The van der Waals surface area contributed by atoms with Gasteiger partial charge in [0.1, 0.15) is 11.5 Å². The van der Waals surface area contributed by atoms with Crippen LogP contribution in [0.5, 0.6) is 0 Å². The van der Waals surface area contributed by atoms with Crippen molar-refractivity contribution in [1.82, 2.24) is 24.5 Å². The van der Waals surface area contributed by atoms with Gasteiger partial charge in [0, 0.05) is 30.1 Å². The second-order valence-corrected chi connectivity index (χ2v) is 10.2. The number of aromatic nitrogens is 5. The standard InChI is InChI=1S/C23H24F5N5O.C7H7F/c1-2-32-12-16(20(31-32)21(24)25)18-11-15(14-7-4-3-5-8-14)22(34)33(30-18)13-19-17(23(26,27)28)9-6-10-29-19;1-6-3-2-4-7(8)5-6/h6,9-12,14,21H,2-5,7-8,13H2,1H3;2-5H,1H3. The average Bonchev–Trinajstić information content (AvgIpc) is 3.40. The van der Waals surface area contributed by atoms with Gasteiger partial charge in [-0.15, -0.1) is 0 Å². The Labute approximate surface area is 239 Å². The van der Waals surface area contributed by atoms with Crippen LogP contribution in [0.2, 0.25) is 0 Å². The molecule has 12 heteroatoms. The van der Waals surface area contributed by atoms with Crippen molar-refractivity contribution < 1.29 is 26.3 Å². The first kappa shape index (κ1) is 31.0. The molecule has 0 atom stereocenters. The topological polar surface area (TPSA) is 65.6 Å². The van der Waals surface area contributed by atoms with Gasteiger partial charge in [-0.1, -0.05) is 31.4 Å². The van der Waals surface area contributed by atoms with E-state index >= 15 is 0 Å². The van der Waals surface area contributed by atoms with E-state index in [0.717, 1.165) is 48.4 Å². The van der Waals surface area contributed by atoms with Gasteiger partial charge in [-0.2, -0.15) is 23.4 Å². The molecule has 6 nitrogen and oxygen atoms in total. The van der Waals surface area contributed by atoms with E-state index in [1.807, 2.05) is 13.0 Å². The summed E-state index contributed by atoms with van der Waals surface area (Å²) >= 11 is 0. The number of alkyl halides is 5. The third-order valence-corrected chi connectivity index (χ3v) is 7.12. The Bertz CT molecular complexity index is 1540. The first-order valence-electron chi connectivity index (χ1n) is 13.7. The summed E-state index contributed by atoms with van der Waals surface area (Å²) in [6.45, 7) is 3.42. The summed E-state index contributed by atoms with van der Waals surface area (Å²) in [5.74, 6) is -0.277. The smallest absolute Gasteiger partial charge is 0.272 e. The molecule has 0 N–H and O–H groups in total. The van der Waals surface area contributed by atoms with Crippen LogP contribution in [-0.2, 0) is 19.3 Å². The first-order chi connectivity index (χ1) is 20.0. The Morgan fingerprint density at radius 1 is 1.02 bits per heavy atom. The van der Waals surface area contributed by atoms with Gasteiger partial charge in [0.05, 0.1) is 23.5 Å². The van der Waals surface area contributed by atoms with E-state index in [1.165, 1.54) is 41.3 Å². The zero-order valence-electron chi connectivity index (χ0n) is 23.2. The van der Waals surface area contributed by atoms with E-state index in [-0.39, 0.29) is 28.7 Å². The lowest BCUT2D eigenvalue weighted by molar-refractivity contribution is -0.138. The van der Waals surface area contributed by atoms with Crippen molar-refractivity contribution in [2.75, 3.05) is 0 Å². The van der Waals surface area contributed by atoms with Crippen LogP contribution in [-0.4, -0.2) is 24.5 Å². The van der Waals surface area contributed by atoms with Gasteiger partial charge in [0.15, 0.2) is 0 Å². The van der Waals surface area contributed by atoms with Gasteiger partial charge in [-0.25, -0.2) is 17.9 Å². The highest BCUT2D eigenvalue weighted by Gasteiger charge is 2.34. The molecule has 0 amide bonds. The van der Waals surface area contributed by atoms with Crippen molar-refractivity contribution in [3.8, 4) is 11.3 Å². The van der Waals surface area contributed by atoms with Crippen molar-refractivity contribution in [1.29, 1.82) is 0 Å². The fraction of sp³-hybridized carbons (Fsp3) is 0.400. The van der Waals surface area contributed by atoms with Gasteiger partial charge >= 0.3 is 6.18 Å². The number of hydrogen-bond acceptors (Lipinski definition) is 4. The molecule has 1 fully saturated rings. The predicted molar refractivity (Wildman–Crippen MR) is 146 cm³/mol. The molecule has 5 rings (SSSR count). The van der Waals surface area contributed by atoms with Crippen LogP contribution in [0, 0.1) is 12.7 Å². The van der Waals surface area contributed by atoms with Crippen molar-refractivity contribution in [3.63, 3.8) is 0 Å². The van der Waals surface area contributed by atoms with Crippen molar-refractivity contribution in [2.45, 2.75) is 77.6 Å². The maximum Gasteiger partial charge on any atom is 0.418 e. The number of nitrogens with zero attached hydrogens (tertiary/aromatic N) is 5. The Morgan fingerprint density at radius 2 is 1.76 bits per heavy atom. The summed E-state index contributed by atoms with van der Waals surface area (Å²) in [5.41, 5.74) is -0.878. The van der Waals surface area contributed by atoms with Gasteiger partial charge in [-0.05, 0) is 68.5 Å². The van der Waals surface area contributed by atoms with Crippen LogP contribution in [0.15, 0.2) is 59.7 Å². The van der Waals surface area contributed by atoms with Crippen molar-refractivity contribution in [2.24, 2.45) is 0 Å². The maximum absolute atomic E-state index is 13.7. The van der Waals surface area contributed by atoms with Crippen LogP contribution < -0.4 is 5.56 Å². The van der Waals surface area contributed by atoms with E-state index in [9.17, 15) is 31.1 Å². The quantitative estimate of drug-likeness (QED) is 0.216. The molecule has 1 aliphatic carbocycles. The monoisotopic (exact) mass is 591 g/mol. The number of aryl methyl sites for hydroxylation is 2. The molecule has 224 valence electrons. The van der Waals surface area contributed by atoms with Crippen LogP contribution in [0.3, 0.4) is 0 Å². The van der Waals surface area contributed by atoms with E-state index in [0.29, 0.717) is 12.1 Å². The predicted octanol–water partition coefficient (Wildman–Crippen LogP) is 7.71. The first-order valence-corrected chi connectivity index (χ1v) is 13.7. The molecule has 0 spiro atoms. The summed E-state index contributed by atoms with van der Waals surface area (Å²) in [6, 6.07) is 10.1. The Balaban J connectivity index is 0.000000437. The number of halogens is 6. The second-order valence-electron chi connectivity index (χ2n) is 10.2. The van der Waals surface area contributed by atoms with Gasteiger partial charge in [0.2, 0.25) is 0 Å². The van der Waals surface area contributed by atoms with Crippen LogP contribution in [0.1, 0.15) is 79.4 Å². The van der Waals surface area contributed by atoms with Gasteiger partial charge in [-0.3, -0.25) is 14.5 Å². The summed E-state index contributed by atoms with van der Waals surface area (Å²) < 4.78 is 82.4. The maximum atomic E-state index is 13.7. The molecule has 1 aromatic carbocycles. The molecule has 1 aliphatic rings. The molecule has 1 saturated carbocycles. The van der Waals surface area contributed by atoms with E-state index in [1.54, 1.807) is 13.0 Å². The molecule has 0 saturated heterocycles. The van der Waals surface area contributed by atoms with Gasteiger partial charge < -0.3 is 0 Å². The summed E-state index contributed by atoms with van der Waals surface area (Å²) in [5, 5.41) is 8.12. The summed E-state index contributed by atoms with van der Waals surface area (Å²) in [6.07, 6.45) is -0.570. The largest absolute Gasteiger partial charge is 0.418 e. The van der Waals surface area contributed by atoms with E-state index in [2.05, 4.69) is 15.2 Å². The lowest BCUT2D eigenvalue weighted by Crippen LogP contribution is -2.30. The van der Waals surface area contributed by atoms with E-state index < -0.39 is 36.0 Å². The van der Waals surface area contributed by atoms with Crippen LogP contribution >= 0.6 is 0 Å². The molecule has 4 aromatic rings. The molecule has 3 heterocycles. The highest BCUT2D eigenvalue weighted by atomic mass is 19.4. The summed E-state index contributed by atoms with van der Waals surface area (Å²) in [4.78, 5) is 17.2. The zero-order valence-corrected chi connectivity index (χ0v) is 23.2. The molecular weight excluding hydrogens is 560 g/mol. The summed E-state index contributed by atoms with van der Waals surface area (Å²) in [7, 11) is 0. The number of rotatable bonds is 6. The number of pyridine rings is 1. The third-order valence-electron chi connectivity index (χ3n) is 7.12.